The lowest BCUT2D eigenvalue weighted by molar-refractivity contribution is 0.627. The largest absolute Gasteiger partial charge is 0.357 e. The van der Waals surface area contributed by atoms with Gasteiger partial charge in [0.15, 0.2) is 5.96 Å². The summed E-state index contributed by atoms with van der Waals surface area (Å²) in [6.07, 6.45) is 3.34. The first kappa shape index (κ1) is 15.1. The maximum Gasteiger partial charge on any atom is 0.191 e. The number of benzene rings is 1. The fraction of sp³-hybridized carbons (Fsp3) is 0.533. The highest BCUT2D eigenvalue weighted by Crippen LogP contribution is 2.28. The second kappa shape index (κ2) is 7.48. The van der Waals surface area contributed by atoms with E-state index in [1.807, 2.05) is 6.92 Å². The molecule has 1 aliphatic carbocycles. The molecule has 0 spiro atoms. The zero-order chi connectivity index (χ0) is 14.4. The predicted molar refractivity (Wildman–Crippen MR) is 81.8 cm³/mol. The molecule has 2 N–H and O–H groups in total. The molecule has 0 aromatic heterocycles. The summed E-state index contributed by atoms with van der Waals surface area (Å²) >= 11 is 6.00. The SMILES string of the molecule is CCNC(=NCC1CC1)NCCc1ccc(F)cc1Cl. The smallest absolute Gasteiger partial charge is 0.191 e. The number of aliphatic imine (C=N–C) groups is 1. The minimum Gasteiger partial charge on any atom is -0.357 e. The molecular formula is C15H21ClFN3. The second-order valence-corrected chi connectivity index (χ2v) is 5.48. The maximum atomic E-state index is 13.0. The number of nitrogens with one attached hydrogen (secondary N) is 2. The Labute approximate surface area is 124 Å². The third-order valence-electron chi connectivity index (χ3n) is 3.25. The Morgan fingerprint density at radius 1 is 1.40 bits per heavy atom. The molecule has 0 heterocycles. The quantitative estimate of drug-likeness (QED) is 0.625. The lowest BCUT2D eigenvalue weighted by Gasteiger charge is -2.11. The van der Waals surface area contributed by atoms with Crippen molar-refractivity contribution in [2.75, 3.05) is 19.6 Å². The average Bonchev–Trinajstić information content (AvgIpc) is 3.22. The Morgan fingerprint density at radius 2 is 2.20 bits per heavy atom. The monoisotopic (exact) mass is 297 g/mol. The number of rotatable bonds is 6. The van der Waals surface area contributed by atoms with Crippen LogP contribution in [-0.4, -0.2) is 25.6 Å². The standard InChI is InChI=1S/C15H21ClFN3/c1-2-18-15(20-10-11-3-4-11)19-8-7-12-5-6-13(17)9-14(12)16/h5-6,9,11H,2-4,7-8,10H2,1H3,(H2,18,19,20). The van der Waals surface area contributed by atoms with Crippen LogP contribution in [0, 0.1) is 11.7 Å². The zero-order valence-corrected chi connectivity index (χ0v) is 12.5. The molecule has 2 rings (SSSR count). The summed E-state index contributed by atoms with van der Waals surface area (Å²) in [7, 11) is 0. The van der Waals surface area contributed by atoms with Crippen molar-refractivity contribution in [1.82, 2.24) is 10.6 Å². The average molecular weight is 298 g/mol. The predicted octanol–water partition coefficient (Wildman–Crippen LogP) is 2.99. The Kier molecular flexibility index (Phi) is 5.65. The molecule has 110 valence electrons. The van der Waals surface area contributed by atoms with Gasteiger partial charge in [-0.1, -0.05) is 17.7 Å². The first-order chi connectivity index (χ1) is 9.69. The van der Waals surface area contributed by atoms with Crippen LogP contribution in [0.15, 0.2) is 23.2 Å². The van der Waals surface area contributed by atoms with Crippen molar-refractivity contribution in [3.8, 4) is 0 Å². The van der Waals surface area contributed by atoms with E-state index in [1.165, 1.54) is 25.0 Å². The van der Waals surface area contributed by atoms with Crippen LogP contribution in [0.1, 0.15) is 25.3 Å². The number of hydrogen-bond donors (Lipinski definition) is 2. The summed E-state index contributed by atoms with van der Waals surface area (Å²) in [5.74, 6) is 1.32. The van der Waals surface area contributed by atoms with Crippen LogP contribution in [0.5, 0.6) is 0 Å². The molecule has 0 amide bonds. The van der Waals surface area contributed by atoms with Crippen LogP contribution in [-0.2, 0) is 6.42 Å². The van der Waals surface area contributed by atoms with Crippen molar-refractivity contribution >= 4 is 17.6 Å². The number of halogens is 2. The van der Waals surface area contributed by atoms with Gasteiger partial charge in [-0.3, -0.25) is 4.99 Å². The van der Waals surface area contributed by atoms with Crippen molar-refractivity contribution in [3.63, 3.8) is 0 Å². The molecule has 0 saturated heterocycles. The summed E-state index contributed by atoms with van der Waals surface area (Å²) in [6.45, 7) is 4.51. The maximum absolute atomic E-state index is 13.0. The third kappa shape index (κ3) is 5.00. The van der Waals surface area contributed by atoms with Gasteiger partial charge in [-0.2, -0.15) is 0 Å². The molecule has 0 aliphatic heterocycles. The van der Waals surface area contributed by atoms with Crippen LogP contribution >= 0.6 is 11.6 Å². The lowest BCUT2D eigenvalue weighted by Crippen LogP contribution is -2.38. The van der Waals surface area contributed by atoms with Gasteiger partial charge >= 0.3 is 0 Å². The van der Waals surface area contributed by atoms with E-state index >= 15 is 0 Å². The van der Waals surface area contributed by atoms with E-state index in [0.29, 0.717) is 5.02 Å². The van der Waals surface area contributed by atoms with Crippen LogP contribution < -0.4 is 10.6 Å². The van der Waals surface area contributed by atoms with Crippen molar-refractivity contribution in [2.24, 2.45) is 10.9 Å². The molecule has 0 radical (unpaired) electrons. The molecule has 20 heavy (non-hydrogen) atoms. The van der Waals surface area contributed by atoms with Gasteiger partial charge in [0.2, 0.25) is 0 Å². The Bertz CT molecular complexity index is 472. The fourth-order valence-corrected chi connectivity index (χ4v) is 2.16. The summed E-state index contributed by atoms with van der Waals surface area (Å²) in [5, 5.41) is 6.98. The van der Waals surface area contributed by atoms with E-state index in [-0.39, 0.29) is 5.82 Å². The van der Waals surface area contributed by atoms with Gasteiger partial charge in [0.1, 0.15) is 5.82 Å². The highest BCUT2D eigenvalue weighted by Gasteiger charge is 2.20. The molecule has 0 bridgehead atoms. The summed E-state index contributed by atoms with van der Waals surface area (Å²) in [5.41, 5.74) is 0.943. The van der Waals surface area contributed by atoms with E-state index in [9.17, 15) is 4.39 Å². The van der Waals surface area contributed by atoms with E-state index < -0.39 is 0 Å². The number of hydrogen-bond acceptors (Lipinski definition) is 1. The first-order valence-electron chi connectivity index (χ1n) is 7.15. The van der Waals surface area contributed by atoms with Crippen molar-refractivity contribution in [2.45, 2.75) is 26.2 Å². The van der Waals surface area contributed by atoms with Gasteiger partial charge in [-0.25, -0.2) is 4.39 Å². The molecule has 1 aromatic carbocycles. The van der Waals surface area contributed by atoms with Crippen LogP contribution in [0.2, 0.25) is 5.02 Å². The normalized spacial score (nSPS) is 15.2. The summed E-state index contributed by atoms with van der Waals surface area (Å²) in [4.78, 5) is 4.54. The number of guanidine groups is 1. The van der Waals surface area contributed by atoms with Gasteiger partial charge in [0.05, 0.1) is 0 Å². The van der Waals surface area contributed by atoms with E-state index in [2.05, 4.69) is 15.6 Å². The third-order valence-corrected chi connectivity index (χ3v) is 3.60. The summed E-state index contributed by atoms with van der Waals surface area (Å²) < 4.78 is 13.0. The molecule has 5 heteroatoms. The number of nitrogens with zero attached hydrogens (tertiary/aromatic N) is 1. The van der Waals surface area contributed by atoms with Crippen LogP contribution in [0.25, 0.3) is 0 Å². The minimum atomic E-state index is -0.300. The molecule has 0 atom stereocenters. The molecule has 1 saturated carbocycles. The molecule has 0 unspecified atom stereocenters. The fourth-order valence-electron chi connectivity index (χ4n) is 1.90. The summed E-state index contributed by atoms with van der Waals surface area (Å²) in [6, 6.07) is 4.52. The molecular weight excluding hydrogens is 277 g/mol. The zero-order valence-electron chi connectivity index (χ0n) is 11.8. The Morgan fingerprint density at radius 3 is 2.85 bits per heavy atom. The van der Waals surface area contributed by atoms with E-state index in [1.54, 1.807) is 6.07 Å². The van der Waals surface area contributed by atoms with Gasteiger partial charge in [0.25, 0.3) is 0 Å². The van der Waals surface area contributed by atoms with Crippen LogP contribution in [0.4, 0.5) is 4.39 Å². The van der Waals surface area contributed by atoms with E-state index in [4.69, 9.17) is 11.6 Å². The minimum absolute atomic E-state index is 0.300. The van der Waals surface area contributed by atoms with Crippen molar-refractivity contribution in [1.29, 1.82) is 0 Å². The van der Waals surface area contributed by atoms with Crippen LogP contribution in [0.3, 0.4) is 0 Å². The first-order valence-corrected chi connectivity index (χ1v) is 7.53. The van der Waals surface area contributed by atoms with Gasteiger partial charge in [-0.05, 0) is 49.8 Å². The van der Waals surface area contributed by atoms with Gasteiger partial charge in [-0.15, -0.1) is 0 Å². The Hall–Kier alpha value is -1.29. The molecule has 1 aliphatic rings. The topological polar surface area (TPSA) is 36.4 Å². The van der Waals surface area contributed by atoms with E-state index in [0.717, 1.165) is 43.5 Å². The molecule has 1 aromatic rings. The van der Waals surface area contributed by atoms with Gasteiger partial charge < -0.3 is 10.6 Å². The van der Waals surface area contributed by atoms with Crippen molar-refractivity contribution in [3.05, 3.63) is 34.6 Å². The highest BCUT2D eigenvalue weighted by molar-refractivity contribution is 6.31. The lowest BCUT2D eigenvalue weighted by atomic mass is 10.1. The molecule has 3 nitrogen and oxygen atoms in total. The second-order valence-electron chi connectivity index (χ2n) is 5.08. The molecule has 1 fully saturated rings. The Balaban J connectivity index is 1.80. The highest BCUT2D eigenvalue weighted by atomic mass is 35.5. The van der Waals surface area contributed by atoms with Gasteiger partial charge in [0, 0.05) is 24.7 Å². The van der Waals surface area contributed by atoms with Crippen molar-refractivity contribution < 1.29 is 4.39 Å².